The predicted molar refractivity (Wildman–Crippen MR) is 77.9 cm³/mol. The highest BCUT2D eigenvalue weighted by Crippen LogP contribution is 2.22. The molecule has 0 saturated carbocycles. The van der Waals surface area contributed by atoms with E-state index in [9.17, 15) is 4.79 Å². The molecular formula is C15H16ClN3O. The molecule has 2 aromatic rings. The number of halogens is 1. The Hall–Kier alpha value is -1.81. The standard InChI is InChI=1S/C15H16ClN3O/c16-11-5-3-4-10(8-11)9-17-15(20)14-12-6-1-2-7-13(12)18-19-14/h3-5,8H,1-2,6-7,9H2,(H,17,20)(H,18,19). The number of nitrogens with one attached hydrogen (secondary N) is 2. The van der Waals surface area contributed by atoms with Gasteiger partial charge in [-0.3, -0.25) is 9.89 Å². The van der Waals surface area contributed by atoms with Crippen molar-refractivity contribution in [1.82, 2.24) is 15.5 Å². The van der Waals surface area contributed by atoms with Crippen molar-refractivity contribution in [3.63, 3.8) is 0 Å². The molecule has 0 aliphatic heterocycles. The van der Waals surface area contributed by atoms with Crippen LogP contribution in [0.1, 0.15) is 40.2 Å². The second-order valence-electron chi connectivity index (χ2n) is 5.05. The molecule has 104 valence electrons. The fourth-order valence-electron chi connectivity index (χ4n) is 2.58. The summed E-state index contributed by atoms with van der Waals surface area (Å²) in [5, 5.41) is 10.7. The summed E-state index contributed by atoms with van der Waals surface area (Å²) in [5.74, 6) is -0.121. The molecule has 1 amide bonds. The molecule has 4 nitrogen and oxygen atoms in total. The molecule has 20 heavy (non-hydrogen) atoms. The number of hydrogen-bond acceptors (Lipinski definition) is 2. The Morgan fingerprint density at radius 1 is 1.35 bits per heavy atom. The second kappa shape index (κ2) is 5.67. The van der Waals surface area contributed by atoms with Crippen molar-refractivity contribution < 1.29 is 4.79 Å². The molecule has 0 radical (unpaired) electrons. The van der Waals surface area contributed by atoms with Gasteiger partial charge in [-0.1, -0.05) is 23.7 Å². The van der Waals surface area contributed by atoms with Crippen molar-refractivity contribution in [1.29, 1.82) is 0 Å². The van der Waals surface area contributed by atoms with Gasteiger partial charge in [-0.15, -0.1) is 0 Å². The Labute approximate surface area is 122 Å². The first-order chi connectivity index (χ1) is 9.74. The summed E-state index contributed by atoms with van der Waals surface area (Å²) in [7, 11) is 0. The molecule has 0 bridgehead atoms. The van der Waals surface area contributed by atoms with E-state index in [-0.39, 0.29) is 5.91 Å². The maximum Gasteiger partial charge on any atom is 0.272 e. The zero-order valence-corrected chi connectivity index (χ0v) is 11.8. The quantitative estimate of drug-likeness (QED) is 0.913. The first-order valence-electron chi connectivity index (χ1n) is 6.83. The van der Waals surface area contributed by atoms with E-state index in [2.05, 4.69) is 15.5 Å². The van der Waals surface area contributed by atoms with Crippen LogP contribution in [0.25, 0.3) is 0 Å². The molecule has 1 aliphatic rings. The Bertz CT molecular complexity index is 636. The zero-order chi connectivity index (χ0) is 13.9. The number of carbonyl (C=O) groups is 1. The second-order valence-corrected chi connectivity index (χ2v) is 5.49. The highest BCUT2D eigenvalue weighted by atomic mass is 35.5. The minimum Gasteiger partial charge on any atom is -0.347 e. The summed E-state index contributed by atoms with van der Waals surface area (Å²) < 4.78 is 0. The molecule has 0 atom stereocenters. The van der Waals surface area contributed by atoms with Crippen LogP contribution < -0.4 is 5.32 Å². The van der Waals surface area contributed by atoms with E-state index in [1.807, 2.05) is 24.3 Å². The first kappa shape index (κ1) is 13.2. The lowest BCUT2D eigenvalue weighted by Crippen LogP contribution is -2.24. The predicted octanol–water partition coefficient (Wildman–Crippen LogP) is 2.87. The van der Waals surface area contributed by atoms with Gasteiger partial charge in [0.1, 0.15) is 0 Å². The van der Waals surface area contributed by atoms with Crippen molar-refractivity contribution in [2.24, 2.45) is 0 Å². The topological polar surface area (TPSA) is 57.8 Å². The highest BCUT2D eigenvalue weighted by Gasteiger charge is 2.21. The Kier molecular flexibility index (Phi) is 3.74. The van der Waals surface area contributed by atoms with Crippen LogP contribution in [0.2, 0.25) is 5.02 Å². The van der Waals surface area contributed by atoms with E-state index in [1.165, 1.54) is 6.42 Å². The van der Waals surface area contributed by atoms with Crippen LogP contribution in [0, 0.1) is 0 Å². The third-order valence-electron chi connectivity index (χ3n) is 3.61. The van der Waals surface area contributed by atoms with Gasteiger partial charge >= 0.3 is 0 Å². The Morgan fingerprint density at radius 2 is 2.20 bits per heavy atom. The molecule has 5 heteroatoms. The molecule has 1 aromatic heterocycles. The smallest absolute Gasteiger partial charge is 0.272 e. The molecule has 1 aliphatic carbocycles. The SMILES string of the molecule is O=C(NCc1cccc(Cl)c1)c1n[nH]c2c1CCCC2. The summed E-state index contributed by atoms with van der Waals surface area (Å²) in [6.07, 6.45) is 4.22. The maximum absolute atomic E-state index is 12.2. The number of carbonyl (C=O) groups excluding carboxylic acids is 1. The van der Waals surface area contributed by atoms with E-state index in [4.69, 9.17) is 11.6 Å². The van der Waals surface area contributed by atoms with E-state index < -0.39 is 0 Å². The number of amides is 1. The Morgan fingerprint density at radius 3 is 3.05 bits per heavy atom. The van der Waals surface area contributed by atoms with Gasteiger partial charge in [-0.25, -0.2) is 0 Å². The van der Waals surface area contributed by atoms with Crippen LogP contribution >= 0.6 is 11.6 Å². The van der Waals surface area contributed by atoms with Gasteiger partial charge in [0.25, 0.3) is 5.91 Å². The molecule has 3 rings (SSSR count). The van der Waals surface area contributed by atoms with Gasteiger partial charge in [0, 0.05) is 22.8 Å². The van der Waals surface area contributed by atoms with Gasteiger partial charge in [0.2, 0.25) is 0 Å². The molecule has 2 N–H and O–H groups in total. The molecule has 0 saturated heterocycles. The summed E-state index contributed by atoms with van der Waals surface area (Å²) in [6, 6.07) is 7.48. The van der Waals surface area contributed by atoms with Gasteiger partial charge in [0.15, 0.2) is 5.69 Å². The normalized spacial score (nSPS) is 13.8. The largest absolute Gasteiger partial charge is 0.347 e. The third kappa shape index (κ3) is 2.70. The monoisotopic (exact) mass is 289 g/mol. The number of benzene rings is 1. The Balaban J connectivity index is 1.69. The fraction of sp³-hybridized carbons (Fsp3) is 0.333. The summed E-state index contributed by atoms with van der Waals surface area (Å²) in [6.45, 7) is 0.459. The number of aromatic amines is 1. The van der Waals surface area contributed by atoms with Crippen LogP contribution in [0.5, 0.6) is 0 Å². The number of aryl methyl sites for hydroxylation is 1. The van der Waals surface area contributed by atoms with Crippen molar-refractivity contribution in [2.45, 2.75) is 32.2 Å². The van der Waals surface area contributed by atoms with Crippen LogP contribution in [-0.4, -0.2) is 16.1 Å². The number of nitrogens with zero attached hydrogens (tertiary/aromatic N) is 1. The van der Waals surface area contributed by atoms with Gasteiger partial charge < -0.3 is 5.32 Å². The maximum atomic E-state index is 12.2. The first-order valence-corrected chi connectivity index (χ1v) is 7.20. The fourth-order valence-corrected chi connectivity index (χ4v) is 2.79. The van der Waals surface area contributed by atoms with Crippen molar-refractivity contribution in [2.75, 3.05) is 0 Å². The van der Waals surface area contributed by atoms with Crippen molar-refractivity contribution in [3.05, 3.63) is 51.8 Å². The van der Waals surface area contributed by atoms with E-state index in [0.717, 1.165) is 36.1 Å². The zero-order valence-electron chi connectivity index (χ0n) is 11.1. The lowest BCUT2D eigenvalue weighted by molar-refractivity contribution is 0.0945. The lowest BCUT2D eigenvalue weighted by atomic mass is 9.96. The number of fused-ring (bicyclic) bond motifs is 1. The van der Waals surface area contributed by atoms with Crippen LogP contribution in [0.15, 0.2) is 24.3 Å². The van der Waals surface area contributed by atoms with Crippen molar-refractivity contribution in [3.8, 4) is 0 Å². The van der Waals surface area contributed by atoms with Crippen LogP contribution in [0.3, 0.4) is 0 Å². The molecule has 1 aromatic carbocycles. The summed E-state index contributed by atoms with van der Waals surface area (Å²) >= 11 is 5.92. The third-order valence-corrected chi connectivity index (χ3v) is 3.85. The summed E-state index contributed by atoms with van der Waals surface area (Å²) in [5.41, 5.74) is 3.72. The van der Waals surface area contributed by atoms with Gasteiger partial charge in [0.05, 0.1) is 0 Å². The molecular weight excluding hydrogens is 274 g/mol. The van der Waals surface area contributed by atoms with E-state index >= 15 is 0 Å². The number of aromatic nitrogens is 2. The van der Waals surface area contributed by atoms with Gasteiger partial charge in [-0.2, -0.15) is 5.10 Å². The average molecular weight is 290 g/mol. The molecule has 0 unspecified atom stereocenters. The molecule has 0 fully saturated rings. The molecule has 1 heterocycles. The lowest BCUT2D eigenvalue weighted by Gasteiger charge is -2.11. The van der Waals surface area contributed by atoms with Gasteiger partial charge in [-0.05, 0) is 43.4 Å². The van der Waals surface area contributed by atoms with E-state index in [0.29, 0.717) is 17.3 Å². The van der Waals surface area contributed by atoms with Crippen molar-refractivity contribution >= 4 is 17.5 Å². The number of hydrogen-bond donors (Lipinski definition) is 2. The average Bonchev–Trinajstić information content (AvgIpc) is 2.89. The summed E-state index contributed by atoms with van der Waals surface area (Å²) in [4.78, 5) is 12.2. The minimum atomic E-state index is -0.121. The molecule has 0 spiro atoms. The minimum absolute atomic E-state index is 0.121. The van der Waals surface area contributed by atoms with Crippen LogP contribution in [0.4, 0.5) is 0 Å². The van der Waals surface area contributed by atoms with E-state index in [1.54, 1.807) is 0 Å². The number of rotatable bonds is 3. The highest BCUT2D eigenvalue weighted by molar-refractivity contribution is 6.30. The number of H-pyrrole nitrogens is 1. The van der Waals surface area contributed by atoms with Crippen LogP contribution in [-0.2, 0) is 19.4 Å².